The highest BCUT2D eigenvalue weighted by Gasteiger charge is 2.18. The molecule has 0 unspecified atom stereocenters. The van der Waals surface area contributed by atoms with Gasteiger partial charge in [0, 0.05) is 44.2 Å². The summed E-state index contributed by atoms with van der Waals surface area (Å²) >= 11 is 0. The third kappa shape index (κ3) is 6.06. The molecule has 0 fully saturated rings. The summed E-state index contributed by atoms with van der Waals surface area (Å²) in [6.07, 6.45) is 0. The Morgan fingerprint density at radius 3 is 1.59 bits per heavy atom. The highest BCUT2D eigenvalue weighted by Crippen LogP contribution is 2.42. The summed E-state index contributed by atoms with van der Waals surface area (Å²) in [7, 11) is 0. The van der Waals surface area contributed by atoms with Crippen molar-refractivity contribution < 1.29 is 8.83 Å². The molecule has 2 aromatic heterocycles. The lowest BCUT2D eigenvalue weighted by atomic mass is 9.97. The number of benzene rings is 10. The Bertz CT molecular complexity index is 3580. The molecular weight excluding hydrogens is 743 g/mol. The largest absolute Gasteiger partial charge is 0.456 e. The molecule has 286 valence electrons. The van der Waals surface area contributed by atoms with Gasteiger partial charge in [-0.05, 0) is 110 Å². The van der Waals surface area contributed by atoms with E-state index in [1.54, 1.807) is 0 Å². The Hall–Kier alpha value is -8.14. The van der Waals surface area contributed by atoms with Gasteiger partial charge in [-0.25, -0.2) is 0 Å². The van der Waals surface area contributed by atoms with E-state index >= 15 is 0 Å². The number of fused-ring (bicyclic) bond motifs is 7. The molecule has 0 aliphatic carbocycles. The molecule has 0 aliphatic heterocycles. The fraction of sp³-hybridized carbons (Fsp3) is 0. The third-order valence-electron chi connectivity index (χ3n) is 12.1. The van der Waals surface area contributed by atoms with Gasteiger partial charge in [-0.15, -0.1) is 0 Å². The molecule has 0 saturated carbocycles. The first-order valence-corrected chi connectivity index (χ1v) is 20.7. The van der Waals surface area contributed by atoms with Crippen LogP contribution in [0.5, 0.6) is 0 Å². The standard InChI is InChI=1S/C58H37NO2/c1-2-11-43-36-44(27-26-38(43)10-1)41-24-22-39(23-25-41)40-28-32-46(33-29-40)59(47-34-30-42(31-35-47)50-17-8-18-52-51-14-3-5-19-54(51)61-58(50)52)48-13-7-12-45(37-48)49-16-9-21-56-57(49)53-15-4-6-20-55(53)60-56/h1-37H. The monoisotopic (exact) mass is 779 g/mol. The van der Waals surface area contributed by atoms with Crippen LogP contribution in [0.3, 0.4) is 0 Å². The van der Waals surface area contributed by atoms with Crippen LogP contribution in [-0.2, 0) is 0 Å². The van der Waals surface area contributed by atoms with Crippen molar-refractivity contribution in [1.29, 1.82) is 0 Å². The van der Waals surface area contributed by atoms with Gasteiger partial charge in [-0.2, -0.15) is 0 Å². The van der Waals surface area contributed by atoms with Gasteiger partial charge in [-0.3, -0.25) is 0 Å². The van der Waals surface area contributed by atoms with Crippen LogP contribution in [0.1, 0.15) is 0 Å². The Morgan fingerprint density at radius 2 is 0.820 bits per heavy atom. The van der Waals surface area contributed by atoms with Crippen LogP contribution < -0.4 is 4.90 Å². The molecule has 0 N–H and O–H groups in total. The molecule has 0 aliphatic rings. The van der Waals surface area contributed by atoms with E-state index in [0.717, 1.165) is 88.8 Å². The van der Waals surface area contributed by atoms with Crippen molar-refractivity contribution in [2.75, 3.05) is 4.90 Å². The molecule has 3 heteroatoms. The molecular formula is C58H37NO2. The second-order valence-electron chi connectivity index (χ2n) is 15.7. The number of hydrogen-bond donors (Lipinski definition) is 0. The normalized spacial score (nSPS) is 11.6. The molecule has 0 bridgehead atoms. The molecule has 12 aromatic rings. The number of anilines is 3. The van der Waals surface area contributed by atoms with Gasteiger partial charge in [0.15, 0.2) is 0 Å². The number of furan rings is 2. The van der Waals surface area contributed by atoms with Gasteiger partial charge in [0.05, 0.1) is 0 Å². The molecule has 0 spiro atoms. The van der Waals surface area contributed by atoms with Crippen molar-refractivity contribution >= 4 is 71.7 Å². The summed E-state index contributed by atoms with van der Waals surface area (Å²) in [5.74, 6) is 0. The van der Waals surface area contributed by atoms with Crippen LogP contribution in [0, 0.1) is 0 Å². The first-order valence-electron chi connectivity index (χ1n) is 20.7. The molecule has 3 nitrogen and oxygen atoms in total. The second-order valence-corrected chi connectivity index (χ2v) is 15.7. The summed E-state index contributed by atoms with van der Waals surface area (Å²) in [4.78, 5) is 2.34. The summed E-state index contributed by atoms with van der Waals surface area (Å²) in [5, 5.41) is 7.00. The minimum Gasteiger partial charge on any atom is -0.456 e. The first-order chi connectivity index (χ1) is 30.2. The lowest BCUT2D eigenvalue weighted by molar-refractivity contribution is 0.669. The number of para-hydroxylation sites is 3. The average Bonchev–Trinajstić information content (AvgIpc) is 3.91. The number of hydrogen-bond acceptors (Lipinski definition) is 3. The Balaban J connectivity index is 0.935. The van der Waals surface area contributed by atoms with Crippen LogP contribution in [-0.4, -0.2) is 0 Å². The maximum Gasteiger partial charge on any atom is 0.143 e. The van der Waals surface area contributed by atoms with Crippen LogP contribution >= 0.6 is 0 Å². The zero-order chi connectivity index (χ0) is 40.3. The Morgan fingerprint density at radius 1 is 0.279 bits per heavy atom. The predicted octanol–water partition coefficient (Wildman–Crippen LogP) is 16.8. The Labute approximate surface area is 353 Å². The van der Waals surface area contributed by atoms with Gasteiger partial charge in [0.25, 0.3) is 0 Å². The van der Waals surface area contributed by atoms with E-state index in [2.05, 4.69) is 205 Å². The molecule has 10 aromatic carbocycles. The maximum atomic E-state index is 6.44. The molecule has 61 heavy (non-hydrogen) atoms. The van der Waals surface area contributed by atoms with Crippen molar-refractivity contribution in [2.24, 2.45) is 0 Å². The summed E-state index contributed by atoms with van der Waals surface area (Å²) in [5.41, 5.74) is 16.0. The molecule has 2 heterocycles. The minimum absolute atomic E-state index is 0.886. The second kappa shape index (κ2) is 14.3. The van der Waals surface area contributed by atoms with Gasteiger partial charge in [0.2, 0.25) is 0 Å². The quantitative estimate of drug-likeness (QED) is 0.161. The van der Waals surface area contributed by atoms with E-state index < -0.39 is 0 Å². The van der Waals surface area contributed by atoms with Gasteiger partial charge >= 0.3 is 0 Å². The summed E-state index contributed by atoms with van der Waals surface area (Å²) in [6.45, 7) is 0. The van der Waals surface area contributed by atoms with Gasteiger partial charge in [-0.1, -0.05) is 164 Å². The van der Waals surface area contributed by atoms with Crippen molar-refractivity contribution in [3.8, 4) is 44.5 Å². The van der Waals surface area contributed by atoms with E-state index in [-0.39, 0.29) is 0 Å². The Kier molecular flexibility index (Phi) is 8.17. The number of rotatable bonds is 7. The lowest BCUT2D eigenvalue weighted by Gasteiger charge is -2.26. The number of nitrogens with zero attached hydrogens (tertiary/aromatic N) is 1. The first kappa shape index (κ1) is 34.9. The van der Waals surface area contributed by atoms with Gasteiger partial charge in [0.1, 0.15) is 22.3 Å². The zero-order valence-corrected chi connectivity index (χ0v) is 33.1. The molecule has 12 rings (SSSR count). The third-order valence-corrected chi connectivity index (χ3v) is 12.1. The van der Waals surface area contributed by atoms with Crippen LogP contribution in [0.4, 0.5) is 17.1 Å². The molecule has 0 saturated heterocycles. The highest BCUT2D eigenvalue weighted by atomic mass is 16.3. The van der Waals surface area contributed by atoms with E-state index in [1.807, 2.05) is 24.3 Å². The van der Waals surface area contributed by atoms with Crippen molar-refractivity contribution in [2.45, 2.75) is 0 Å². The minimum atomic E-state index is 0.886. The topological polar surface area (TPSA) is 29.5 Å². The van der Waals surface area contributed by atoms with E-state index in [4.69, 9.17) is 8.83 Å². The van der Waals surface area contributed by atoms with Crippen LogP contribution in [0.15, 0.2) is 233 Å². The fourth-order valence-electron chi connectivity index (χ4n) is 9.07. The highest BCUT2D eigenvalue weighted by molar-refractivity contribution is 6.13. The lowest BCUT2D eigenvalue weighted by Crippen LogP contribution is -2.10. The molecule has 0 radical (unpaired) electrons. The van der Waals surface area contributed by atoms with E-state index in [1.165, 1.54) is 27.5 Å². The van der Waals surface area contributed by atoms with E-state index in [0.29, 0.717) is 0 Å². The fourth-order valence-corrected chi connectivity index (χ4v) is 9.07. The van der Waals surface area contributed by atoms with Crippen LogP contribution in [0.25, 0.3) is 99.2 Å². The maximum absolute atomic E-state index is 6.44. The SMILES string of the molecule is c1cc(-c2cccc3oc4ccccc4c23)cc(N(c2ccc(-c3ccc(-c4ccc5ccccc5c4)cc3)cc2)c2ccc(-c3cccc4c3oc3ccccc34)cc2)c1. The van der Waals surface area contributed by atoms with Crippen molar-refractivity contribution in [3.63, 3.8) is 0 Å². The van der Waals surface area contributed by atoms with Gasteiger partial charge < -0.3 is 13.7 Å². The van der Waals surface area contributed by atoms with Crippen molar-refractivity contribution in [1.82, 2.24) is 0 Å². The van der Waals surface area contributed by atoms with Crippen molar-refractivity contribution in [3.05, 3.63) is 224 Å². The summed E-state index contributed by atoms with van der Waals surface area (Å²) < 4.78 is 12.7. The van der Waals surface area contributed by atoms with E-state index in [9.17, 15) is 0 Å². The zero-order valence-electron chi connectivity index (χ0n) is 33.1. The average molecular weight is 780 g/mol. The predicted molar refractivity (Wildman–Crippen MR) is 255 cm³/mol. The molecule has 0 atom stereocenters. The molecule has 0 amide bonds. The summed E-state index contributed by atoms with van der Waals surface area (Å²) in [6, 6.07) is 80.0. The smallest absolute Gasteiger partial charge is 0.143 e. The van der Waals surface area contributed by atoms with Crippen LogP contribution in [0.2, 0.25) is 0 Å².